The zero-order valence-corrected chi connectivity index (χ0v) is 7.60. The minimum absolute atomic E-state index is 0.271. The first-order valence-corrected chi connectivity index (χ1v) is 4.58. The molecule has 0 amide bonds. The third-order valence-electron chi connectivity index (χ3n) is 2.28. The van der Waals surface area contributed by atoms with Crippen LogP contribution in [0.1, 0.15) is 28.8 Å². The van der Waals surface area contributed by atoms with Gasteiger partial charge in [0.2, 0.25) is 0 Å². The van der Waals surface area contributed by atoms with E-state index in [1.54, 1.807) is 0 Å². The van der Waals surface area contributed by atoms with Crippen molar-refractivity contribution in [1.29, 1.82) is 0 Å². The minimum Gasteiger partial charge on any atom is -0.294 e. The third kappa shape index (κ3) is 1.16. The number of ketones is 1. The van der Waals surface area contributed by atoms with Gasteiger partial charge in [0.05, 0.1) is 0 Å². The average Bonchev–Trinajstić information content (AvgIpc) is 2.07. The molecule has 1 aliphatic carbocycles. The van der Waals surface area contributed by atoms with Gasteiger partial charge in [0.15, 0.2) is 5.78 Å². The van der Waals surface area contributed by atoms with Crippen molar-refractivity contribution in [3.63, 3.8) is 0 Å². The molecule has 1 aromatic rings. The van der Waals surface area contributed by atoms with Crippen LogP contribution in [0.5, 0.6) is 0 Å². The van der Waals surface area contributed by atoms with Crippen molar-refractivity contribution >= 4 is 18.4 Å². The topological polar surface area (TPSA) is 17.1 Å². The lowest BCUT2D eigenvalue weighted by Crippen LogP contribution is -2.10. The lowest BCUT2D eigenvalue weighted by molar-refractivity contribution is 0.0972. The predicted molar refractivity (Wildman–Crippen MR) is 51.0 cm³/mol. The van der Waals surface area contributed by atoms with Crippen LogP contribution in [0.3, 0.4) is 0 Å². The molecule has 0 N–H and O–H groups in total. The van der Waals surface area contributed by atoms with Gasteiger partial charge in [-0.3, -0.25) is 4.79 Å². The smallest absolute Gasteiger partial charge is 0.163 e. The summed E-state index contributed by atoms with van der Waals surface area (Å²) in [5.41, 5.74) is 2.02. The fourth-order valence-corrected chi connectivity index (χ4v) is 1.98. The Labute approximate surface area is 77.2 Å². The van der Waals surface area contributed by atoms with E-state index in [0.29, 0.717) is 6.42 Å². The van der Waals surface area contributed by atoms with Crippen LogP contribution in [-0.2, 0) is 6.42 Å². The summed E-state index contributed by atoms with van der Waals surface area (Å²) in [6.45, 7) is 0. The molecule has 2 rings (SSSR count). The summed E-state index contributed by atoms with van der Waals surface area (Å²) in [5.74, 6) is 0.271. The molecule has 1 aliphatic rings. The first-order chi connectivity index (χ1) is 5.79. The summed E-state index contributed by atoms with van der Waals surface area (Å²) in [6.07, 6.45) is 2.67. The number of carbonyl (C=O) groups is 1. The number of thiol groups is 1. The SMILES string of the molecule is O=C1CCCc2c(S)cccc21. The van der Waals surface area contributed by atoms with Crippen LogP contribution in [0.4, 0.5) is 0 Å². The van der Waals surface area contributed by atoms with Gasteiger partial charge < -0.3 is 0 Å². The maximum atomic E-state index is 11.4. The summed E-state index contributed by atoms with van der Waals surface area (Å²) >= 11 is 4.32. The normalized spacial score (nSPS) is 15.9. The Kier molecular flexibility index (Phi) is 1.93. The second-order valence-electron chi connectivity index (χ2n) is 3.08. The van der Waals surface area contributed by atoms with Crippen LogP contribution in [-0.4, -0.2) is 5.78 Å². The maximum absolute atomic E-state index is 11.4. The minimum atomic E-state index is 0.271. The van der Waals surface area contributed by atoms with Crippen LogP contribution < -0.4 is 0 Å². The van der Waals surface area contributed by atoms with E-state index in [0.717, 1.165) is 28.9 Å². The molecular weight excluding hydrogens is 168 g/mol. The lowest BCUT2D eigenvalue weighted by atomic mass is 9.91. The number of fused-ring (bicyclic) bond motifs is 1. The van der Waals surface area contributed by atoms with E-state index in [1.165, 1.54) is 0 Å². The molecular formula is C10H10OS. The number of hydrogen-bond donors (Lipinski definition) is 1. The van der Waals surface area contributed by atoms with Gasteiger partial charge in [-0.05, 0) is 24.5 Å². The molecule has 0 heterocycles. The van der Waals surface area contributed by atoms with Crippen molar-refractivity contribution in [1.82, 2.24) is 0 Å². The van der Waals surface area contributed by atoms with Crippen molar-refractivity contribution in [2.75, 3.05) is 0 Å². The summed E-state index contributed by atoms with van der Waals surface area (Å²) in [6, 6.07) is 5.74. The molecule has 0 saturated heterocycles. The highest BCUT2D eigenvalue weighted by atomic mass is 32.1. The molecule has 0 radical (unpaired) electrons. The van der Waals surface area contributed by atoms with Crippen molar-refractivity contribution < 1.29 is 4.79 Å². The van der Waals surface area contributed by atoms with E-state index in [1.807, 2.05) is 18.2 Å². The van der Waals surface area contributed by atoms with E-state index >= 15 is 0 Å². The standard InChI is InChI=1S/C10H10OS/c11-9-5-1-4-8-7(9)3-2-6-10(8)12/h2-3,6,12H,1,4-5H2. The number of Topliss-reactive ketones (excluding diaryl/α,β-unsaturated/α-hetero) is 1. The number of rotatable bonds is 0. The Bertz CT molecular complexity index is 331. The number of hydrogen-bond acceptors (Lipinski definition) is 2. The van der Waals surface area contributed by atoms with E-state index in [2.05, 4.69) is 12.6 Å². The summed E-state index contributed by atoms with van der Waals surface area (Å²) in [5, 5.41) is 0. The van der Waals surface area contributed by atoms with Gasteiger partial charge in [-0.25, -0.2) is 0 Å². The lowest BCUT2D eigenvalue weighted by Gasteiger charge is -2.15. The molecule has 12 heavy (non-hydrogen) atoms. The summed E-state index contributed by atoms with van der Waals surface area (Å²) < 4.78 is 0. The van der Waals surface area contributed by atoms with Crippen LogP contribution in [0.2, 0.25) is 0 Å². The quantitative estimate of drug-likeness (QED) is 0.604. The molecule has 0 saturated carbocycles. The van der Waals surface area contributed by atoms with Crippen LogP contribution >= 0.6 is 12.6 Å². The molecule has 0 unspecified atom stereocenters. The Balaban J connectivity index is 2.59. The van der Waals surface area contributed by atoms with E-state index in [4.69, 9.17) is 0 Å². The van der Waals surface area contributed by atoms with Crippen molar-refractivity contribution in [3.05, 3.63) is 29.3 Å². The molecule has 2 heteroatoms. The second kappa shape index (κ2) is 2.94. The van der Waals surface area contributed by atoms with Crippen LogP contribution in [0.15, 0.2) is 23.1 Å². The molecule has 0 aromatic heterocycles. The third-order valence-corrected chi connectivity index (χ3v) is 2.70. The van der Waals surface area contributed by atoms with E-state index in [9.17, 15) is 4.79 Å². The Morgan fingerprint density at radius 3 is 2.83 bits per heavy atom. The van der Waals surface area contributed by atoms with Gasteiger partial charge in [-0.15, -0.1) is 12.6 Å². The Morgan fingerprint density at radius 1 is 1.25 bits per heavy atom. The van der Waals surface area contributed by atoms with Crippen LogP contribution in [0.25, 0.3) is 0 Å². The molecule has 62 valence electrons. The van der Waals surface area contributed by atoms with Gasteiger partial charge in [0.25, 0.3) is 0 Å². The van der Waals surface area contributed by atoms with E-state index < -0.39 is 0 Å². The van der Waals surface area contributed by atoms with Gasteiger partial charge >= 0.3 is 0 Å². The molecule has 1 aromatic carbocycles. The molecule has 0 spiro atoms. The summed E-state index contributed by atoms with van der Waals surface area (Å²) in [7, 11) is 0. The zero-order valence-electron chi connectivity index (χ0n) is 6.71. The average molecular weight is 178 g/mol. The monoisotopic (exact) mass is 178 g/mol. The van der Waals surface area contributed by atoms with Crippen LogP contribution in [0, 0.1) is 0 Å². The van der Waals surface area contributed by atoms with Gasteiger partial charge in [0.1, 0.15) is 0 Å². The van der Waals surface area contributed by atoms with Crippen molar-refractivity contribution in [3.8, 4) is 0 Å². The summed E-state index contributed by atoms with van der Waals surface area (Å²) in [4.78, 5) is 12.4. The molecule has 1 nitrogen and oxygen atoms in total. The van der Waals surface area contributed by atoms with E-state index in [-0.39, 0.29) is 5.78 Å². The fraction of sp³-hybridized carbons (Fsp3) is 0.300. The Hall–Kier alpha value is -0.760. The molecule has 0 atom stereocenters. The number of carbonyl (C=O) groups excluding carboxylic acids is 1. The highest BCUT2D eigenvalue weighted by Crippen LogP contribution is 2.26. The van der Waals surface area contributed by atoms with Gasteiger partial charge in [-0.1, -0.05) is 12.1 Å². The highest BCUT2D eigenvalue weighted by Gasteiger charge is 2.17. The van der Waals surface area contributed by atoms with Gasteiger partial charge in [-0.2, -0.15) is 0 Å². The molecule has 0 bridgehead atoms. The van der Waals surface area contributed by atoms with Crippen molar-refractivity contribution in [2.45, 2.75) is 24.2 Å². The maximum Gasteiger partial charge on any atom is 0.163 e. The van der Waals surface area contributed by atoms with Gasteiger partial charge in [0, 0.05) is 16.9 Å². The predicted octanol–water partition coefficient (Wildman–Crippen LogP) is 2.49. The fourth-order valence-electron chi connectivity index (χ4n) is 1.66. The molecule has 0 aliphatic heterocycles. The highest BCUT2D eigenvalue weighted by molar-refractivity contribution is 7.80. The first-order valence-electron chi connectivity index (χ1n) is 4.13. The Morgan fingerprint density at radius 2 is 2.08 bits per heavy atom. The largest absolute Gasteiger partial charge is 0.294 e. The first kappa shape index (κ1) is 7.87. The second-order valence-corrected chi connectivity index (χ2v) is 3.56. The van der Waals surface area contributed by atoms with Crippen molar-refractivity contribution in [2.24, 2.45) is 0 Å². The number of benzene rings is 1. The zero-order chi connectivity index (χ0) is 8.55. The molecule has 0 fully saturated rings.